The number of piperidine rings is 1. The summed E-state index contributed by atoms with van der Waals surface area (Å²) in [6.07, 6.45) is 8.42. The third-order valence-electron chi connectivity index (χ3n) is 8.40. The van der Waals surface area contributed by atoms with Crippen molar-refractivity contribution in [1.29, 1.82) is 0 Å². The molecule has 2 saturated heterocycles. The Morgan fingerprint density at radius 1 is 0.974 bits per heavy atom. The summed E-state index contributed by atoms with van der Waals surface area (Å²) >= 11 is 0. The number of nitrogens with zero attached hydrogens (tertiary/aromatic N) is 1. The van der Waals surface area contributed by atoms with Crippen LogP contribution in [0.4, 0.5) is 4.39 Å². The van der Waals surface area contributed by atoms with Gasteiger partial charge >= 0.3 is 0 Å². The monoisotopic (exact) mass is 521 g/mol. The van der Waals surface area contributed by atoms with Crippen molar-refractivity contribution in [3.63, 3.8) is 0 Å². The Labute approximate surface area is 225 Å². The maximum absolute atomic E-state index is 15.1. The number of nitrogens with one attached hydrogen (secondary N) is 2. The number of benzene rings is 2. The van der Waals surface area contributed by atoms with Gasteiger partial charge < -0.3 is 15.0 Å². The molecule has 1 saturated carbocycles. The summed E-state index contributed by atoms with van der Waals surface area (Å²) in [5.74, 6) is 0.623. The largest absolute Gasteiger partial charge is 0.493 e. The Kier molecular flexibility index (Phi) is 8.75. The van der Waals surface area contributed by atoms with Gasteiger partial charge in [-0.15, -0.1) is 0 Å². The second-order valence-electron chi connectivity index (χ2n) is 11.3. The summed E-state index contributed by atoms with van der Waals surface area (Å²) in [6, 6.07) is 14.8. The molecule has 0 aromatic heterocycles. The molecule has 2 aliphatic heterocycles. The predicted octanol–water partition coefficient (Wildman–Crippen LogP) is 5.13. The molecule has 2 amide bonds. The van der Waals surface area contributed by atoms with Gasteiger partial charge in [0.15, 0.2) is 0 Å². The van der Waals surface area contributed by atoms with Crippen LogP contribution in [0.5, 0.6) is 5.75 Å². The molecule has 5 rings (SSSR count). The van der Waals surface area contributed by atoms with Crippen LogP contribution in [0.1, 0.15) is 68.1 Å². The smallest absolute Gasteiger partial charge is 0.258 e. The highest BCUT2D eigenvalue weighted by atomic mass is 19.1. The van der Waals surface area contributed by atoms with E-state index < -0.39 is 5.67 Å². The molecular formula is C31H40FN3O3. The van der Waals surface area contributed by atoms with Gasteiger partial charge in [-0.05, 0) is 93.4 Å². The minimum absolute atomic E-state index is 0.268. The van der Waals surface area contributed by atoms with Gasteiger partial charge in [-0.3, -0.25) is 14.9 Å². The van der Waals surface area contributed by atoms with Crippen LogP contribution in [0.2, 0.25) is 0 Å². The molecule has 1 atom stereocenters. The second-order valence-corrected chi connectivity index (χ2v) is 11.3. The fourth-order valence-electron chi connectivity index (χ4n) is 6.11. The number of halogens is 1. The summed E-state index contributed by atoms with van der Waals surface area (Å²) < 4.78 is 21.2. The number of amides is 2. The summed E-state index contributed by atoms with van der Waals surface area (Å²) in [7, 11) is 0. The molecule has 0 unspecified atom stereocenters. The summed E-state index contributed by atoms with van der Waals surface area (Å²) in [5, 5.41) is 5.68. The van der Waals surface area contributed by atoms with Crippen LogP contribution in [-0.2, 0) is 4.79 Å². The van der Waals surface area contributed by atoms with E-state index in [9.17, 15) is 9.59 Å². The Morgan fingerprint density at radius 2 is 1.71 bits per heavy atom. The van der Waals surface area contributed by atoms with Crippen molar-refractivity contribution in [2.75, 3.05) is 32.8 Å². The molecule has 38 heavy (non-hydrogen) atoms. The molecule has 2 aromatic rings. The normalized spacial score (nSPS) is 22.2. The van der Waals surface area contributed by atoms with Gasteiger partial charge in [0, 0.05) is 12.1 Å². The SMILES string of the molecule is O=C(NC(=O)[C@@H]1CCCN1)c1ccccc1-c1ccc(OCC2CCN(CC3(F)CCCCC3)CC2)cc1. The number of ether oxygens (including phenoxy) is 1. The van der Waals surface area contributed by atoms with Gasteiger partial charge in [0.05, 0.1) is 12.6 Å². The van der Waals surface area contributed by atoms with Crippen LogP contribution in [0.25, 0.3) is 11.1 Å². The van der Waals surface area contributed by atoms with Crippen LogP contribution in [0.15, 0.2) is 48.5 Å². The van der Waals surface area contributed by atoms with E-state index in [-0.39, 0.29) is 17.9 Å². The lowest BCUT2D eigenvalue weighted by Gasteiger charge is -2.38. The van der Waals surface area contributed by atoms with E-state index in [1.165, 1.54) is 6.42 Å². The molecule has 2 heterocycles. The van der Waals surface area contributed by atoms with Crippen molar-refractivity contribution >= 4 is 11.8 Å². The lowest BCUT2D eigenvalue weighted by Crippen LogP contribution is -2.45. The first-order valence-corrected chi connectivity index (χ1v) is 14.3. The van der Waals surface area contributed by atoms with Crippen LogP contribution in [0, 0.1) is 5.92 Å². The van der Waals surface area contributed by atoms with Gasteiger partial charge in [-0.25, -0.2) is 4.39 Å². The van der Waals surface area contributed by atoms with Crippen LogP contribution < -0.4 is 15.4 Å². The van der Waals surface area contributed by atoms with Gasteiger partial charge in [0.2, 0.25) is 5.91 Å². The van der Waals surface area contributed by atoms with Crippen LogP contribution >= 0.6 is 0 Å². The van der Waals surface area contributed by atoms with Gasteiger partial charge in [-0.1, -0.05) is 49.6 Å². The zero-order chi connectivity index (χ0) is 26.4. The number of hydrogen-bond donors (Lipinski definition) is 2. The highest BCUT2D eigenvalue weighted by molar-refractivity contribution is 6.09. The third-order valence-corrected chi connectivity index (χ3v) is 8.40. The zero-order valence-electron chi connectivity index (χ0n) is 22.2. The van der Waals surface area contributed by atoms with E-state index >= 15 is 4.39 Å². The molecule has 6 nitrogen and oxygen atoms in total. The number of likely N-dealkylation sites (tertiary alicyclic amines) is 1. The lowest BCUT2D eigenvalue weighted by molar-refractivity contribution is -0.121. The molecule has 204 valence electrons. The molecule has 2 aromatic carbocycles. The molecule has 0 radical (unpaired) electrons. The minimum Gasteiger partial charge on any atom is -0.493 e. The standard InChI is InChI=1S/C31H40FN3O3/c32-31(16-4-1-5-17-31)22-35-19-14-23(15-20-35)21-38-25-12-10-24(11-13-25)26-7-2-3-8-27(26)29(36)34-30(37)28-9-6-18-33-28/h2-3,7-8,10-13,23,28,33H,1,4-6,9,14-22H2,(H,34,36,37)/t28-/m0/s1. The van der Waals surface area contributed by atoms with E-state index in [4.69, 9.17) is 4.74 Å². The third kappa shape index (κ3) is 6.80. The molecule has 3 fully saturated rings. The van der Waals surface area contributed by atoms with E-state index in [2.05, 4.69) is 15.5 Å². The van der Waals surface area contributed by atoms with E-state index in [1.54, 1.807) is 6.07 Å². The number of rotatable bonds is 8. The van der Waals surface area contributed by atoms with E-state index in [0.717, 1.165) is 87.9 Å². The van der Waals surface area contributed by atoms with Crippen molar-refractivity contribution in [2.45, 2.75) is 69.5 Å². The average Bonchev–Trinajstić information content (AvgIpc) is 3.49. The van der Waals surface area contributed by atoms with Gasteiger partial charge in [0.25, 0.3) is 5.91 Å². The Morgan fingerprint density at radius 3 is 2.42 bits per heavy atom. The van der Waals surface area contributed by atoms with Crippen molar-refractivity contribution in [1.82, 2.24) is 15.5 Å². The maximum Gasteiger partial charge on any atom is 0.258 e. The maximum atomic E-state index is 15.1. The molecule has 1 aliphatic carbocycles. The van der Waals surface area contributed by atoms with Crippen LogP contribution in [0.3, 0.4) is 0 Å². The Bertz CT molecular complexity index is 1090. The predicted molar refractivity (Wildman–Crippen MR) is 147 cm³/mol. The quantitative estimate of drug-likeness (QED) is 0.472. The summed E-state index contributed by atoms with van der Waals surface area (Å²) in [4.78, 5) is 27.6. The average molecular weight is 522 g/mol. The van der Waals surface area contributed by atoms with Crippen molar-refractivity contribution in [3.05, 3.63) is 54.1 Å². The molecule has 0 spiro atoms. The molecule has 7 heteroatoms. The first kappa shape index (κ1) is 26.8. The van der Waals surface area contributed by atoms with E-state index in [0.29, 0.717) is 24.6 Å². The second kappa shape index (κ2) is 12.4. The van der Waals surface area contributed by atoms with E-state index in [1.807, 2.05) is 42.5 Å². The highest BCUT2D eigenvalue weighted by Crippen LogP contribution is 2.34. The van der Waals surface area contributed by atoms with Crippen molar-refractivity contribution in [3.8, 4) is 16.9 Å². The van der Waals surface area contributed by atoms with Crippen molar-refractivity contribution < 1.29 is 18.7 Å². The Balaban J connectivity index is 1.12. The molecular weight excluding hydrogens is 481 g/mol. The number of hydrogen-bond acceptors (Lipinski definition) is 5. The first-order valence-electron chi connectivity index (χ1n) is 14.3. The zero-order valence-corrected chi connectivity index (χ0v) is 22.2. The fourth-order valence-corrected chi connectivity index (χ4v) is 6.11. The van der Waals surface area contributed by atoms with Gasteiger partial charge in [0.1, 0.15) is 11.4 Å². The summed E-state index contributed by atoms with van der Waals surface area (Å²) in [6.45, 7) is 3.93. The topological polar surface area (TPSA) is 70.7 Å². The number of carbonyl (C=O) groups excluding carboxylic acids is 2. The molecule has 0 bridgehead atoms. The highest BCUT2D eigenvalue weighted by Gasteiger charge is 2.34. The lowest BCUT2D eigenvalue weighted by atomic mass is 9.85. The number of imide groups is 1. The molecule has 2 N–H and O–H groups in total. The van der Waals surface area contributed by atoms with Gasteiger partial charge in [-0.2, -0.15) is 0 Å². The van der Waals surface area contributed by atoms with Crippen molar-refractivity contribution in [2.24, 2.45) is 5.92 Å². The molecule has 3 aliphatic rings. The number of carbonyl (C=O) groups is 2. The fraction of sp³-hybridized carbons (Fsp3) is 0.548. The first-order chi connectivity index (χ1) is 18.5. The Hall–Kier alpha value is -2.77. The minimum atomic E-state index is -0.981. The number of alkyl halides is 1. The summed E-state index contributed by atoms with van der Waals surface area (Å²) in [5.41, 5.74) is 1.17. The van der Waals surface area contributed by atoms with Crippen LogP contribution in [-0.4, -0.2) is 61.2 Å².